The Morgan fingerprint density at radius 3 is 1.43 bits per heavy atom. The SMILES string of the molecule is CCC1=Cc2ccccc2[CH]1[Zr+2]([CH3])([CH3])(=[SiH2])[CH]1C(CC)=Cc2ccccc21.[Cl-].[Cl-]. The molecule has 0 N–H and O–H groups in total. The second-order valence-corrected chi connectivity index (χ2v) is 39.7. The smallest absolute Gasteiger partial charge is 1.00 e. The third kappa shape index (κ3) is 3.60. The van der Waals surface area contributed by atoms with Crippen LogP contribution in [0.2, 0.25) is 9.26 Å². The average molecular weight is 509 g/mol. The molecule has 4 heteroatoms. The summed E-state index contributed by atoms with van der Waals surface area (Å²) < 4.78 is 6.79. The van der Waals surface area contributed by atoms with Gasteiger partial charge in [-0.05, 0) is 0 Å². The fraction of sp³-hybridized carbons (Fsp3) is 0.333. The largest absolute Gasteiger partial charge is 1.00 e. The molecule has 2 aliphatic rings. The molecule has 0 heterocycles. The monoisotopic (exact) mass is 506 g/mol. The Morgan fingerprint density at radius 2 is 1.07 bits per heavy atom. The molecule has 0 radical (unpaired) electrons. The zero-order valence-corrected chi connectivity index (χ0v) is 22.7. The molecule has 2 aromatic rings. The summed E-state index contributed by atoms with van der Waals surface area (Å²) in [6.45, 7) is 7.13. The number of halogens is 2. The first-order valence-electron chi connectivity index (χ1n) is 10.0. The first kappa shape index (κ1) is 23.9. The Balaban J connectivity index is 0.00000140. The van der Waals surface area contributed by atoms with Gasteiger partial charge < -0.3 is 24.8 Å². The van der Waals surface area contributed by atoms with Gasteiger partial charge in [0, 0.05) is 0 Å². The van der Waals surface area contributed by atoms with E-state index in [2.05, 4.69) is 90.7 Å². The molecule has 0 spiro atoms. The van der Waals surface area contributed by atoms with Crippen molar-refractivity contribution < 1.29 is 42.2 Å². The van der Waals surface area contributed by atoms with Crippen LogP contribution in [0.25, 0.3) is 12.2 Å². The van der Waals surface area contributed by atoms with E-state index < -0.39 is 17.4 Å². The van der Waals surface area contributed by atoms with Crippen LogP contribution in [-0.2, 0) is 17.4 Å². The Hall–Kier alpha value is -0.400. The summed E-state index contributed by atoms with van der Waals surface area (Å²) in [5, 5.41) is 0. The van der Waals surface area contributed by atoms with Crippen LogP contribution in [-0.4, -0.2) is 6.88 Å². The summed E-state index contributed by atoms with van der Waals surface area (Å²) in [4.78, 5) is 0. The summed E-state index contributed by atoms with van der Waals surface area (Å²) in [6.07, 6.45) is 7.35. The van der Waals surface area contributed by atoms with Crippen molar-refractivity contribution >= 4 is 19.0 Å². The van der Waals surface area contributed by atoms with Gasteiger partial charge in [-0.25, -0.2) is 0 Å². The van der Waals surface area contributed by atoms with E-state index in [0.717, 1.165) is 0 Å². The quantitative estimate of drug-likeness (QED) is 0.526. The minimum atomic E-state index is -3.22. The van der Waals surface area contributed by atoms with Gasteiger partial charge in [-0.15, -0.1) is 0 Å². The number of fused-ring (bicyclic) bond motifs is 2. The number of hydrogen-bond acceptors (Lipinski definition) is 0. The van der Waals surface area contributed by atoms with Crippen LogP contribution in [0.15, 0.2) is 59.7 Å². The zero-order valence-electron chi connectivity index (χ0n) is 17.3. The minimum Gasteiger partial charge on any atom is -1.00 e. The molecule has 28 heavy (non-hydrogen) atoms. The summed E-state index contributed by atoms with van der Waals surface area (Å²) in [6, 6.07) is 18.3. The Morgan fingerprint density at radius 1 is 0.714 bits per heavy atom. The second kappa shape index (κ2) is 8.38. The van der Waals surface area contributed by atoms with Crippen LogP contribution >= 0.6 is 0 Å². The molecule has 0 saturated heterocycles. The van der Waals surface area contributed by atoms with E-state index in [1.54, 1.807) is 22.3 Å². The van der Waals surface area contributed by atoms with E-state index in [4.69, 9.17) is 0 Å². The number of allylic oxidation sites excluding steroid dienone is 2. The van der Waals surface area contributed by atoms with Gasteiger partial charge in [-0.1, -0.05) is 0 Å². The van der Waals surface area contributed by atoms with Crippen molar-refractivity contribution in [3.8, 4) is 0 Å². The van der Waals surface area contributed by atoms with E-state index in [9.17, 15) is 0 Å². The van der Waals surface area contributed by atoms with E-state index >= 15 is 0 Å². The van der Waals surface area contributed by atoms with Crippen molar-refractivity contribution in [1.29, 1.82) is 0 Å². The fourth-order valence-corrected chi connectivity index (χ4v) is 26.0. The van der Waals surface area contributed by atoms with Crippen molar-refractivity contribution in [2.45, 2.75) is 43.2 Å². The predicted molar refractivity (Wildman–Crippen MR) is 115 cm³/mol. The van der Waals surface area contributed by atoms with Gasteiger partial charge in [-0.3, -0.25) is 0 Å². The molecule has 0 aliphatic heterocycles. The molecule has 0 aromatic heterocycles. The topological polar surface area (TPSA) is 0 Å². The Kier molecular flexibility index (Phi) is 7.15. The first-order valence-corrected chi connectivity index (χ1v) is 23.7. The van der Waals surface area contributed by atoms with Crippen molar-refractivity contribution in [3.63, 3.8) is 0 Å². The molecule has 2 aliphatic carbocycles. The van der Waals surface area contributed by atoms with Crippen molar-refractivity contribution in [3.05, 3.63) is 81.9 Å². The van der Waals surface area contributed by atoms with Crippen LogP contribution in [0.3, 0.4) is 0 Å². The van der Waals surface area contributed by atoms with Gasteiger partial charge in [0.05, 0.1) is 0 Å². The molecule has 2 atom stereocenters. The van der Waals surface area contributed by atoms with Gasteiger partial charge >= 0.3 is 162 Å². The van der Waals surface area contributed by atoms with Gasteiger partial charge in [0.15, 0.2) is 0 Å². The van der Waals surface area contributed by atoms with Crippen LogP contribution in [0.1, 0.15) is 56.2 Å². The maximum Gasteiger partial charge on any atom is -1.00 e. The van der Waals surface area contributed by atoms with Gasteiger partial charge in [0.1, 0.15) is 0 Å². The maximum atomic E-state index is 2.73. The molecule has 148 valence electrons. The van der Waals surface area contributed by atoms with Gasteiger partial charge in [0.2, 0.25) is 0 Å². The van der Waals surface area contributed by atoms with E-state index in [0.29, 0.717) is 7.25 Å². The summed E-state index contributed by atoms with van der Waals surface area (Å²) >= 11 is -3.22. The molecular weight excluding hydrogens is 478 g/mol. The third-order valence-electron chi connectivity index (χ3n) is 6.75. The number of hydrogen-bond donors (Lipinski definition) is 0. The van der Waals surface area contributed by atoms with Crippen molar-refractivity contribution in [1.82, 2.24) is 0 Å². The van der Waals surface area contributed by atoms with Crippen LogP contribution in [0.5, 0.6) is 0 Å². The molecule has 2 aromatic carbocycles. The molecule has 2 unspecified atom stereocenters. The Labute approximate surface area is 185 Å². The maximum absolute atomic E-state index is 3.22. The molecule has 0 fully saturated rings. The van der Waals surface area contributed by atoms with Crippen LogP contribution in [0.4, 0.5) is 0 Å². The second-order valence-electron chi connectivity index (χ2n) is 9.21. The third-order valence-corrected chi connectivity index (χ3v) is 24.3. The average Bonchev–Trinajstić information content (AvgIpc) is 3.20. The van der Waals surface area contributed by atoms with Gasteiger partial charge in [-0.2, -0.15) is 0 Å². The van der Waals surface area contributed by atoms with E-state index in [1.165, 1.54) is 24.0 Å². The normalized spacial score (nSPS) is 19.4. The van der Waals surface area contributed by atoms with Crippen molar-refractivity contribution in [2.75, 3.05) is 0 Å². The predicted octanol–water partition coefficient (Wildman–Crippen LogP) is 0.425. The number of rotatable bonds is 4. The molecule has 0 nitrogen and oxygen atoms in total. The van der Waals surface area contributed by atoms with Gasteiger partial charge in [0.25, 0.3) is 0 Å². The number of benzene rings is 2. The van der Waals surface area contributed by atoms with E-state index in [-0.39, 0.29) is 24.8 Å². The summed E-state index contributed by atoms with van der Waals surface area (Å²) in [5.74, 6) is 0. The molecular formula is C24H30Cl2SiZr. The van der Waals surface area contributed by atoms with Crippen LogP contribution < -0.4 is 24.8 Å². The summed E-state index contributed by atoms with van der Waals surface area (Å²) in [7, 11) is 0. The minimum absolute atomic E-state index is 0. The molecule has 4 rings (SSSR count). The molecule has 0 saturated carbocycles. The van der Waals surface area contributed by atoms with Crippen LogP contribution in [0, 0.1) is 0 Å². The molecule has 0 amide bonds. The molecule has 0 bridgehead atoms. The zero-order chi connectivity index (χ0) is 18.6. The Bertz CT molecular complexity index is 937. The van der Waals surface area contributed by atoms with Crippen molar-refractivity contribution in [2.24, 2.45) is 0 Å². The summed E-state index contributed by atoms with van der Waals surface area (Å²) in [5.41, 5.74) is 9.51. The van der Waals surface area contributed by atoms with E-state index in [1.807, 2.05) is 0 Å². The fourth-order valence-electron chi connectivity index (χ4n) is 5.79. The standard InChI is InChI=1S/2C11H11.2CH3.2ClH.H2Si.Zr/c2*1-2-9-7-10-5-3-4-6-11(10)8-9;;;;;;/h2*3-8H,2H2,1H3;2*1H3;2*1H;1H2;/q;;;;;;;+2/p-2. The first-order chi connectivity index (χ1) is 12.4.